The minimum absolute atomic E-state index is 0.136. The number of anilines is 1. The molecule has 1 saturated heterocycles. The zero-order valence-corrected chi connectivity index (χ0v) is 10.8. The monoisotopic (exact) mass is 264 g/mol. The third-order valence-corrected chi connectivity index (χ3v) is 3.02. The normalized spacial score (nSPS) is 17.7. The van der Waals surface area contributed by atoms with Crippen LogP contribution in [0, 0.1) is 0 Å². The summed E-state index contributed by atoms with van der Waals surface area (Å²) in [6.45, 7) is 3.64. The summed E-state index contributed by atoms with van der Waals surface area (Å²) >= 11 is 0. The molecule has 3 N–H and O–H groups in total. The van der Waals surface area contributed by atoms with Gasteiger partial charge in [0.1, 0.15) is 5.54 Å². The molecule has 7 heteroatoms. The predicted molar refractivity (Wildman–Crippen MR) is 69.4 cm³/mol. The van der Waals surface area contributed by atoms with E-state index in [2.05, 4.69) is 5.32 Å². The van der Waals surface area contributed by atoms with E-state index in [4.69, 9.17) is 5.73 Å². The number of aromatic nitrogens is 1. The third-order valence-electron chi connectivity index (χ3n) is 3.02. The zero-order valence-electron chi connectivity index (χ0n) is 10.8. The fourth-order valence-electron chi connectivity index (χ4n) is 1.95. The number of nitrogens with zero attached hydrogens (tertiary/aromatic N) is 2. The Morgan fingerprint density at radius 3 is 2.47 bits per heavy atom. The predicted octanol–water partition coefficient (Wildman–Crippen LogP) is -0.239. The highest BCUT2D eigenvalue weighted by molar-refractivity contribution is 6.06. The molecule has 0 saturated carbocycles. The summed E-state index contributed by atoms with van der Waals surface area (Å²) in [6.07, 6.45) is 1.49. The Kier molecular flexibility index (Phi) is 3.05. The lowest BCUT2D eigenvalue weighted by atomic mass is 10.1. The van der Waals surface area contributed by atoms with Crippen LogP contribution in [0.1, 0.15) is 13.8 Å². The van der Waals surface area contributed by atoms with Gasteiger partial charge < -0.3 is 15.6 Å². The van der Waals surface area contributed by atoms with Crippen molar-refractivity contribution in [3.8, 4) is 0 Å². The second kappa shape index (κ2) is 4.42. The number of nitrogens with one attached hydrogen (secondary N) is 1. The average Bonchev–Trinajstić information content (AvgIpc) is 2.51. The Morgan fingerprint density at radius 1 is 1.21 bits per heavy atom. The molecule has 2 heterocycles. The van der Waals surface area contributed by atoms with E-state index >= 15 is 0 Å². The van der Waals surface area contributed by atoms with Crippen molar-refractivity contribution >= 4 is 17.6 Å². The second-order valence-corrected chi connectivity index (χ2v) is 5.01. The Labute approximate surface area is 110 Å². The Morgan fingerprint density at radius 2 is 1.89 bits per heavy atom. The zero-order chi connectivity index (χ0) is 14.2. The summed E-state index contributed by atoms with van der Waals surface area (Å²) in [4.78, 5) is 36.3. The first kappa shape index (κ1) is 13.1. The molecule has 0 bridgehead atoms. The van der Waals surface area contributed by atoms with Gasteiger partial charge in [-0.25, -0.2) is 4.79 Å². The van der Waals surface area contributed by atoms with Gasteiger partial charge in [0.15, 0.2) is 0 Å². The number of carbonyl (C=O) groups excluding carboxylic acids is 2. The number of urea groups is 1. The highest BCUT2D eigenvalue weighted by atomic mass is 16.2. The van der Waals surface area contributed by atoms with Crippen LogP contribution in [0.3, 0.4) is 0 Å². The maximum atomic E-state index is 11.9. The minimum Gasteiger partial charge on any atom is -0.398 e. The highest BCUT2D eigenvalue weighted by Crippen LogP contribution is 2.16. The molecular formula is C12H16N4O3. The smallest absolute Gasteiger partial charge is 0.325 e. The standard InChI is InChI=1S/C12H16N4O3/c1-12(2)10(18)16(11(19)14-12)6-5-15-7-8(13)3-4-9(15)17/h3-4,7H,5-6,13H2,1-2H3,(H,14,19). The van der Waals surface area contributed by atoms with Gasteiger partial charge in [-0.1, -0.05) is 0 Å². The Balaban J connectivity index is 2.11. The van der Waals surface area contributed by atoms with Crippen LogP contribution in [-0.4, -0.2) is 33.5 Å². The van der Waals surface area contributed by atoms with Crippen LogP contribution in [-0.2, 0) is 11.3 Å². The number of imide groups is 1. The van der Waals surface area contributed by atoms with Crippen LogP contribution < -0.4 is 16.6 Å². The van der Waals surface area contributed by atoms with Gasteiger partial charge in [-0.3, -0.25) is 14.5 Å². The molecule has 0 spiro atoms. The lowest BCUT2D eigenvalue weighted by molar-refractivity contribution is -0.130. The molecule has 1 fully saturated rings. The van der Waals surface area contributed by atoms with Crippen molar-refractivity contribution in [2.24, 2.45) is 0 Å². The first-order chi connectivity index (χ1) is 8.81. The number of rotatable bonds is 3. The number of nitrogen functional groups attached to an aromatic ring is 1. The summed E-state index contributed by atoms with van der Waals surface area (Å²) < 4.78 is 1.38. The summed E-state index contributed by atoms with van der Waals surface area (Å²) in [5.41, 5.74) is 4.93. The van der Waals surface area contributed by atoms with Crippen molar-refractivity contribution in [2.45, 2.75) is 25.9 Å². The number of hydrogen-bond acceptors (Lipinski definition) is 4. The molecule has 19 heavy (non-hydrogen) atoms. The van der Waals surface area contributed by atoms with E-state index in [1.54, 1.807) is 13.8 Å². The Hall–Kier alpha value is -2.31. The van der Waals surface area contributed by atoms with Crippen molar-refractivity contribution < 1.29 is 9.59 Å². The Bertz CT molecular complexity index is 591. The topological polar surface area (TPSA) is 97.4 Å². The van der Waals surface area contributed by atoms with E-state index in [-0.39, 0.29) is 24.6 Å². The van der Waals surface area contributed by atoms with Gasteiger partial charge in [0.25, 0.3) is 11.5 Å². The van der Waals surface area contributed by atoms with Crippen LogP contribution in [0.5, 0.6) is 0 Å². The van der Waals surface area contributed by atoms with Crippen LogP contribution in [0.15, 0.2) is 23.1 Å². The summed E-state index contributed by atoms with van der Waals surface area (Å²) in [5.74, 6) is -0.297. The second-order valence-electron chi connectivity index (χ2n) is 5.01. The number of carbonyl (C=O) groups is 2. The van der Waals surface area contributed by atoms with Crippen LogP contribution in [0.2, 0.25) is 0 Å². The summed E-state index contributed by atoms with van der Waals surface area (Å²) in [5, 5.41) is 2.58. The molecular weight excluding hydrogens is 248 g/mol. The van der Waals surface area contributed by atoms with Crippen molar-refractivity contribution in [1.29, 1.82) is 0 Å². The van der Waals surface area contributed by atoms with Crippen LogP contribution >= 0.6 is 0 Å². The first-order valence-corrected chi connectivity index (χ1v) is 5.91. The van der Waals surface area contributed by atoms with E-state index in [0.717, 1.165) is 4.90 Å². The van der Waals surface area contributed by atoms with Gasteiger partial charge in [0.05, 0.1) is 0 Å². The van der Waals surface area contributed by atoms with Crippen molar-refractivity contribution in [3.63, 3.8) is 0 Å². The quantitative estimate of drug-likeness (QED) is 0.736. The average molecular weight is 264 g/mol. The molecule has 0 aliphatic carbocycles. The number of hydrogen-bond donors (Lipinski definition) is 2. The lowest BCUT2D eigenvalue weighted by Gasteiger charge is -2.16. The fraction of sp³-hybridized carbons (Fsp3) is 0.417. The first-order valence-electron chi connectivity index (χ1n) is 5.91. The molecule has 1 aliphatic heterocycles. The number of pyridine rings is 1. The molecule has 0 atom stereocenters. The van der Waals surface area contributed by atoms with E-state index < -0.39 is 11.6 Å². The fourth-order valence-corrected chi connectivity index (χ4v) is 1.95. The molecule has 0 unspecified atom stereocenters. The van der Waals surface area contributed by atoms with E-state index in [1.807, 2.05) is 0 Å². The van der Waals surface area contributed by atoms with Gasteiger partial charge in [0, 0.05) is 31.0 Å². The van der Waals surface area contributed by atoms with Crippen molar-refractivity contribution in [1.82, 2.24) is 14.8 Å². The highest BCUT2D eigenvalue weighted by Gasteiger charge is 2.43. The van der Waals surface area contributed by atoms with Crippen LogP contribution in [0.25, 0.3) is 0 Å². The van der Waals surface area contributed by atoms with E-state index in [1.165, 1.54) is 22.9 Å². The molecule has 3 amide bonds. The summed E-state index contributed by atoms with van der Waals surface area (Å²) in [6, 6.07) is 2.42. The van der Waals surface area contributed by atoms with Gasteiger partial charge in [0.2, 0.25) is 0 Å². The van der Waals surface area contributed by atoms with Crippen LogP contribution in [0.4, 0.5) is 10.5 Å². The maximum Gasteiger partial charge on any atom is 0.325 e. The van der Waals surface area contributed by atoms with Gasteiger partial charge in [-0.2, -0.15) is 0 Å². The molecule has 1 aromatic rings. The lowest BCUT2D eigenvalue weighted by Crippen LogP contribution is -2.41. The molecule has 2 rings (SSSR count). The molecule has 102 valence electrons. The van der Waals surface area contributed by atoms with Crippen molar-refractivity contribution in [3.05, 3.63) is 28.7 Å². The maximum absolute atomic E-state index is 11.9. The largest absolute Gasteiger partial charge is 0.398 e. The molecule has 1 aromatic heterocycles. The minimum atomic E-state index is -0.891. The van der Waals surface area contributed by atoms with Gasteiger partial charge in [-0.05, 0) is 19.9 Å². The van der Waals surface area contributed by atoms with Gasteiger partial charge >= 0.3 is 6.03 Å². The number of nitrogens with two attached hydrogens (primary N) is 1. The summed E-state index contributed by atoms with van der Waals surface area (Å²) in [7, 11) is 0. The molecule has 7 nitrogen and oxygen atoms in total. The third kappa shape index (κ3) is 2.44. The van der Waals surface area contributed by atoms with E-state index in [9.17, 15) is 14.4 Å². The SMILES string of the molecule is CC1(C)NC(=O)N(CCn2cc(N)ccc2=O)C1=O. The molecule has 0 radical (unpaired) electrons. The number of amides is 3. The van der Waals surface area contributed by atoms with Gasteiger partial charge in [-0.15, -0.1) is 0 Å². The van der Waals surface area contributed by atoms with Crippen molar-refractivity contribution in [2.75, 3.05) is 12.3 Å². The van der Waals surface area contributed by atoms with E-state index in [0.29, 0.717) is 5.69 Å². The molecule has 1 aliphatic rings. The molecule has 0 aromatic carbocycles.